The molecule has 2 aromatic rings. The van der Waals surface area contributed by atoms with Gasteiger partial charge in [-0.15, -0.1) is 0 Å². The van der Waals surface area contributed by atoms with Gasteiger partial charge in [-0.2, -0.15) is 13.2 Å². The molecule has 0 fully saturated rings. The quantitative estimate of drug-likeness (QED) is 0.831. The molecule has 0 bridgehead atoms. The van der Waals surface area contributed by atoms with Crippen LogP contribution in [0.1, 0.15) is 50.5 Å². The standard InChI is InChI=1S/C19H19F3N2O3/c1-11-16-14(6-3-7-15(16)25)24-17(11)18(26)23-9-12-4-2-5-13(8-12)27-10-19(20,21)22/h2,4-5,8,24H,3,6-7,9-10H2,1H3,(H,23,26). The predicted molar refractivity (Wildman–Crippen MR) is 92.0 cm³/mol. The molecule has 0 radical (unpaired) electrons. The van der Waals surface area contributed by atoms with E-state index in [1.807, 2.05) is 0 Å². The topological polar surface area (TPSA) is 71.2 Å². The number of aromatic amines is 1. The van der Waals surface area contributed by atoms with E-state index in [-0.39, 0.29) is 24.0 Å². The van der Waals surface area contributed by atoms with Crippen molar-refractivity contribution in [3.63, 3.8) is 0 Å². The van der Waals surface area contributed by atoms with Crippen molar-refractivity contribution in [2.75, 3.05) is 6.61 Å². The second kappa shape index (κ2) is 7.46. The summed E-state index contributed by atoms with van der Waals surface area (Å²) in [5, 5.41) is 2.72. The van der Waals surface area contributed by atoms with E-state index in [2.05, 4.69) is 10.3 Å². The third kappa shape index (κ3) is 4.50. The fourth-order valence-electron chi connectivity index (χ4n) is 3.18. The lowest BCUT2D eigenvalue weighted by Crippen LogP contribution is -2.24. The molecule has 8 heteroatoms. The van der Waals surface area contributed by atoms with Crippen molar-refractivity contribution in [1.29, 1.82) is 0 Å². The average molecular weight is 380 g/mol. The van der Waals surface area contributed by atoms with E-state index in [0.717, 1.165) is 18.5 Å². The van der Waals surface area contributed by atoms with Crippen molar-refractivity contribution in [3.05, 3.63) is 52.3 Å². The summed E-state index contributed by atoms with van der Waals surface area (Å²) in [6.07, 6.45) is -2.44. The van der Waals surface area contributed by atoms with Crippen molar-refractivity contribution in [2.45, 2.75) is 38.9 Å². The smallest absolute Gasteiger partial charge is 0.422 e. The number of ketones is 1. The first-order valence-electron chi connectivity index (χ1n) is 8.56. The molecular formula is C19H19F3N2O3. The Labute approximate surface area is 153 Å². The third-order valence-electron chi connectivity index (χ3n) is 4.42. The minimum atomic E-state index is -4.41. The Morgan fingerprint density at radius 1 is 1.30 bits per heavy atom. The monoisotopic (exact) mass is 380 g/mol. The van der Waals surface area contributed by atoms with Crippen molar-refractivity contribution in [3.8, 4) is 5.75 Å². The Morgan fingerprint density at radius 3 is 2.78 bits per heavy atom. The molecule has 0 spiro atoms. The van der Waals surface area contributed by atoms with Gasteiger partial charge < -0.3 is 15.0 Å². The zero-order valence-electron chi connectivity index (χ0n) is 14.7. The molecule has 0 saturated carbocycles. The van der Waals surface area contributed by atoms with Gasteiger partial charge in [-0.1, -0.05) is 12.1 Å². The molecule has 0 unspecified atom stereocenters. The van der Waals surface area contributed by atoms with Gasteiger partial charge in [0, 0.05) is 24.2 Å². The van der Waals surface area contributed by atoms with Gasteiger partial charge in [0.1, 0.15) is 11.4 Å². The first-order chi connectivity index (χ1) is 12.7. The van der Waals surface area contributed by atoms with Gasteiger partial charge >= 0.3 is 6.18 Å². The van der Waals surface area contributed by atoms with E-state index >= 15 is 0 Å². The summed E-state index contributed by atoms with van der Waals surface area (Å²) in [5.41, 5.74) is 2.98. The van der Waals surface area contributed by atoms with Crippen LogP contribution in [0.5, 0.6) is 5.75 Å². The molecule has 2 N–H and O–H groups in total. The first-order valence-corrected chi connectivity index (χ1v) is 8.56. The largest absolute Gasteiger partial charge is 0.484 e. The third-order valence-corrected chi connectivity index (χ3v) is 4.42. The molecule has 0 atom stereocenters. The average Bonchev–Trinajstić information content (AvgIpc) is 2.96. The lowest BCUT2D eigenvalue weighted by atomic mass is 9.94. The number of hydrogen-bond donors (Lipinski definition) is 2. The summed E-state index contributed by atoms with van der Waals surface area (Å²) < 4.78 is 41.4. The number of Topliss-reactive ketones (excluding diaryl/α,β-unsaturated/α-hetero) is 1. The number of carbonyl (C=O) groups excluding carboxylic acids is 2. The van der Waals surface area contributed by atoms with Crippen molar-refractivity contribution < 1.29 is 27.5 Å². The Hall–Kier alpha value is -2.77. The molecular weight excluding hydrogens is 361 g/mol. The van der Waals surface area contributed by atoms with Crippen LogP contribution >= 0.6 is 0 Å². The van der Waals surface area contributed by atoms with Crippen LogP contribution in [0, 0.1) is 6.92 Å². The van der Waals surface area contributed by atoms with Gasteiger partial charge in [0.15, 0.2) is 12.4 Å². The van der Waals surface area contributed by atoms with E-state index in [1.165, 1.54) is 12.1 Å². The maximum absolute atomic E-state index is 12.5. The molecule has 144 valence electrons. The summed E-state index contributed by atoms with van der Waals surface area (Å²) in [7, 11) is 0. The van der Waals surface area contributed by atoms with Crippen molar-refractivity contribution in [2.24, 2.45) is 0 Å². The normalized spacial score (nSPS) is 14.0. The molecule has 5 nitrogen and oxygen atoms in total. The second-order valence-corrected chi connectivity index (χ2v) is 6.49. The van der Waals surface area contributed by atoms with Gasteiger partial charge in [-0.3, -0.25) is 9.59 Å². The van der Waals surface area contributed by atoms with E-state index < -0.39 is 12.8 Å². The van der Waals surface area contributed by atoms with Gasteiger partial charge in [-0.25, -0.2) is 0 Å². The summed E-state index contributed by atoms with van der Waals surface area (Å²) in [6, 6.07) is 6.11. The van der Waals surface area contributed by atoms with Crippen LogP contribution in [0.25, 0.3) is 0 Å². The number of hydrogen-bond acceptors (Lipinski definition) is 3. The Morgan fingerprint density at radius 2 is 2.07 bits per heavy atom. The minimum absolute atomic E-state index is 0.0403. The molecule has 1 aromatic carbocycles. The highest BCUT2D eigenvalue weighted by Gasteiger charge is 2.28. The van der Waals surface area contributed by atoms with Crippen LogP contribution < -0.4 is 10.1 Å². The van der Waals surface area contributed by atoms with Crippen LogP contribution in [0.2, 0.25) is 0 Å². The van der Waals surface area contributed by atoms with Crippen LogP contribution in [-0.4, -0.2) is 29.5 Å². The number of alkyl halides is 3. The Balaban J connectivity index is 1.65. The first kappa shape index (κ1) is 19.0. The zero-order valence-corrected chi connectivity index (χ0v) is 14.7. The van der Waals surface area contributed by atoms with Crippen LogP contribution in [0.4, 0.5) is 13.2 Å². The summed E-state index contributed by atoms with van der Waals surface area (Å²) in [5.74, 6) is -0.244. The number of nitrogens with one attached hydrogen (secondary N) is 2. The zero-order chi connectivity index (χ0) is 19.6. The fraction of sp³-hybridized carbons (Fsp3) is 0.368. The number of halogens is 3. The molecule has 1 aliphatic rings. The summed E-state index contributed by atoms with van der Waals surface area (Å²) in [4.78, 5) is 27.6. The minimum Gasteiger partial charge on any atom is -0.484 e. The molecule has 0 aliphatic heterocycles. The molecule has 1 aromatic heterocycles. The van der Waals surface area contributed by atoms with Crippen LogP contribution in [0.15, 0.2) is 24.3 Å². The molecule has 1 aliphatic carbocycles. The number of ether oxygens (including phenoxy) is 1. The van der Waals surface area contributed by atoms with Crippen molar-refractivity contribution in [1.82, 2.24) is 10.3 Å². The predicted octanol–water partition coefficient (Wildman–Crippen LogP) is 3.71. The SMILES string of the molecule is Cc1c(C(=O)NCc2cccc(OCC(F)(F)F)c2)[nH]c2c1C(=O)CCC2. The highest BCUT2D eigenvalue weighted by molar-refractivity contribution is 6.04. The van der Waals surface area contributed by atoms with Gasteiger partial charge in [0.05, 0.1) is 0 Å². The maximum Gasteiger partial charge on any atom is 0.422 e. The number of aryl methyl sites for hydroxylation is 1. The highest BCUT2D eigenvalue weighted by Crippen LogP contribution is 2.26. The van der Waals surface area contributed by atoms with Gasteiger partial charge in [0.2, 0.25) is 0 Å². The number of amides is 1. The number of benzene rings is 1. The van der Waals surface area contributed by atoms with Crippen molar-refractivity contribution >= 4 is 11.7 Å². The lowest BCUT2D eigenvalue weighted by molar-refractivity contribution is -0.153. The van der Waals surface area contributed by atoms with E-state index in [0.29, 0.717) is 28.8 Å². The Kier molecular flexibility index (Phi) is 5.25. The van der Waals surface area contributed by atoms with Crippen LogP contribution in [0.3, 0.4) is 0 Å². The van der Waals surface area contributed by atoms with Gasteiger partial charge in [-0.05, 0) is 43.0 Å². The van der Waals surface area contributed by atoms with Crippen LogP contribution in [-0.2, 0) is 13.0 Å². The highest BCUT2D eigenvalue weighted by atomic mass is 19.4. The number of H-pyrrole nitrogens is 1. The fourth-order valence-corrected chi connectivity index (χ4v) is 3.18. The molecule has 27 heavy (non-hydrogen) atoms. The molecule has 1 heterocycles. The summed E-state index contributed by atoms with van der Waals surface area (Å²) in [6.45, 7) is 0.488. The van der Waals surface area contributed by atoms with E-state index in [9.17, 15) is 22.8 Å². The number of aromatic nitrogens is 1. The molecule has 1 amide bonds. The maximum atomic E-state index is 12.5. The number of carbonyl (C=O) groups is 2. The van der Waals surface area contributed by atoms with Gasteiger partial charge in [0.25, 0.3) is 5.91 Å². The number of fused-ring (bicyclic) bond motifs is 1. The van der Waals surface area contributed by atoms with E-state index in [1.54, 1.807) is 19.1 Å². The molecule has 3 rings (SSSR count). The second-order valence-electron chi connectivity index (χ2n) is 6.49. The van der Waals surface area contributed by atoms with E-state index in [4.69, 9.17) is 4.74 Å². The Bertz CT molecular complexity index is 872. The lowest BCUT2D eigenvalue weighted by Gasteiger charge is -2.11. The number of rotatable bonds is 5. The molecule has 0 saturated heterocycles. The summed E-state index contributed by atoms with van der Waals surface area (Å²) >= 11 is 0.